The Bertz CT molecular complexity index is 415. The van der Waals surface area contributed by atoms with Gasteiger partial charge >= 0.3 is 0 Å². The molecule has 17 heavy (non-hydrogen) atoms. The summed E-state index contributed by atoms with van der Waals surface area (Å²) in [6.07, 6.45) is -0.183. The van der Waals surface area contributed by atoms with Crippen LogP contribution in [0.5, 0.6) is 0 Å². The summed E-state index contributed by atoms with van der Waals surface area (Å²) in [5, 5.41) is 10.0. The molecule has 0 radical (unpaired) electrons. The summed E-state index contributed by atoms with van der Waals surface area (Å²) in [5.41, 5.74) is 7.34. The molecule has 0 amide bonds. The maximum absolute atomic E-state index is 9.09. The van der Waals surface area contributed by atoms with Gasteiger partial charge in [-0.05, 0) is 12.1 Å². The number of nitrogen functional groups attached to an aromatic ring is 1. The summed E-state index contributed by atoms with van der Waals surface area (Å²) in [6.45, 7) is 1.87. The van der Waals surface area contributed by atoms with E-state index < -0.39 is 0 Å². The molecule has 2 rings (SSSR count). The van der Waals surface area contributed by atoms with Crippen LogP contribution in [0.15, 0.2) is 12.1 Å². The fourth-order valence-corrected chi connectivity index (χ4v) is 2.20. The van der Waals surface area contributed by atoms with E-state index in [9.17, 15) is 0 Å². The van der Waals surface area contributed by atoms with Gasteiger partial charge in [0.2, 0.25) is 0 Å². The molecule has 1 aliphatic heterocycles. The zero-order valence-corrected chi connectivity index (χ0v) is 10.7. The third-order valence-electron chi connectivity index (χ3n) is 2.75. The van der Waals surface area contributed by atoms with E-state index in [4.69, 9.17) is 38.8 Å². The average molecular weight is 277 g/mol. The maximum Gasteiger partial charge on any atom is 0.0980 e. The zero-order chi connectivity index (χ0) is 12.4. The van der Waals surface area contributed by atoms with Crippen molar-refractivity contribution < 1.29 is 9.84 Å². The van der Waals surface area contributed by atoms with E-state index in [0.717, 1.165) is 12.2 Å². The Morgan fingerprint density at radius 3 is 2.82 bits per heavy atom. The zero-order valence-electron chi connectivity index (χ0n) is 9.20. The lowest BCUT2D eigenvalue weighted by molar-refractivity contribution is 0.00360. The molecular formula is C11H14Cl2N2O2. The van der Waals surface area contributed by atoms with Crippen molar-refractivity contribution in [2.45, 2.75) is 6.10 Å². The van der Waals surface area contributed by atoms with Gasteiger partial charge in [-0.15, -0.1) is 0 Å². The lowest BCUT2D eigenvalue weighted by Crippen LogP contribution is -2.44. The molecule has 94 valence electrons. The van der Waals surface area contributed by atoms with Crippen molar-refractivity contribution in [3.63, 3.8) is 0 Å². The van der Waals surface area contributed by atoms with Crippen molar-refractivity contribution in [1.82, 2.24) is 0 Å². The molecule has 6 heteroatoms. The van der Waals surface area contributed by atoms with E-state index in [1.807, 2.05) is 4.90 Å². The van der Waals surface area contributed by atoms with E-state index in [1.165, 1.54) is 0 Å². The number of ether oxygens (including phenoxy) is 1. The van der Waals surface area contributed by atoms with Crippen molar-refractivity contribution >= 4 is 34.6 Å². The Hall–Kier alpha value is -0.680. The first-order valence-corrected chi connectivity index (χ1v) is 6.09. The van der Waals surface area contributed by atoms with Crippen molar-refractivity contribution in [2.75, 3.05) is 36.9 Å². The number of aliphatic hydroxyl groups is 1. The Balaban J connectivity index is 2.24. The number of halogens is 2. The van der Waals surface area contributed by atoms with Crippen LogP contribution in [-0.2, 0) is 4.74 Å². The van der Waals surface area contributed by atoms with Gasteiger partial charge in [0.15, 0.2) is 0 Å². The molecule has 0 aliphatic carbocycles. The van der Waals surface area contributed by atoms with Gasteiger partial charge in [0.25, 0.3) is 0 Å². The molecule has 0 saturated carbocycles. The molecule has 1 aromatic carbocycles. The highest BCUT2D eigenvalue weighted by Crippen LogP contribution is 2.33. The monoisotopic (exact) mass is 276 g/mol. The third-order valence-corrected chi connectivity index (χ3v) is 3.47. The number of morpholine rings is 1. The van der Waals surface area contributed by atoms with Crippen LogP contribution in [0.4, 0.5) is 11.4 Å². The van der Waals surface area contributed by atoms with E-state index in [2.05, 4.69) is 0 Å². The van der Waals surface area contributed by atoms with Crippen molar-refractivity contribution in [1.29, 1.82) is 0 Å². The number of aliphatic hydroxyl groups excluding tert-OH is 1. The number of anilines is 2. The van der Waals surface area contributed by atoms with Gasteiger partial charge in [-0.3, -0.25) is 0 Å². The van der Waals surface area contributed by atoms with Gasteiger partial charge in [-0.1, -0.05) is 23.2 Å². The lowest BCUT2D eigenvalue weighted by atomic mass is 10.2. The van der Waals surface area contributed by atoms with Crippen LogP contribution in [0.3, 0.4) is 0 Å². The summed E-state index contributed by atoms with van der Waals surface area (Å²) in [6, 6.07) is 3.39. The van der Waals surface area contributed by atoms with E-state index >= 15 is 0 Å². The summed E-state index contributed by atoms with van der Waals surface area (Å²) in [5.74, 6) is 0. The minimum Gasteiger partial charge on any atom is -0.397 e. The van der Waals surface area contributed by atoms with E-state index in [0.29, 0.717) is 28.9 Å². The van der Waals surface area contributed by atoms with E-state index in [1.54, 1.807) is 12.1 Å². The quantitative estimate of drug-likeness (QED) is 0.809. The molecule has 0 aromatic heterocycles. The predicted octanol–water partition coefficient (Wildman–Crippen LogP) is 1.77. The molecule has 1 fully saturated rings. The SMILES string of the molecule is Nc1cc(Cl)c(Cl)cc1N1CCOC(CO)C1. The predicted molar refractivity (Wildman–Crippen MR) is 69.9 cm³/mol. The van der Waals surface area contributed by atoms with Crippen LogP contribution in [0.1, 0.15) is 0 Å². The molecule has 1 atom stereocenters. The van der Waals surface area contributed by atoms with Gasteiger partial charge in [-0.2, -0.15) is 0 Å². The molecule has 0 bridgehead atoms. The largest absolute Gasteiger partial charge is 0.397 e. The molecule has 1 aromatic rings. The summed E-state index contributed by atoms with van der Waals surface area (Å²) in [4.78, 5) is 2.04. The number of hydrogen-bond acceptors (Lipinski definition) is 4. The number of nitrogens with two attached hydrogens (primary N) is 1. The number of benzene rings is 1. The minimum atomic E-state index is -0.183. The Morgan fingerprint density at radius 2 is 2.12 bits per heavy atom. The summed E-state index contributed by atoms with van der Waals surface area (Å²) >= 11 is 11.9. The fraction of sp³-hybridized carbons (Fsp3) is 0.455. The topological polar surface area (TPSA) is 58.7 Å². The molecule has 1 unspecified atom stereocenters. The standard InChI is InChI=1S/C11H14Cl2N2O2/c12-8-3-10(14)11(4-9(8)13)15-1-2-17-7(5-15)6-16/h3-4,7,16H,1-2,5-6,14H2. The molecule has 0 spiro atoms. The first kappa shape index (κ1) is 12.8. The Kier molecular flexibility index (Phi) is 3.99. The highest BCUT2D eigenvalue weighted by Gasteiger charge is 2.22. The van der Waals surface area contributed by atoms with Crippen molar-refractivity contribution in [2.24, 2.45) is 0 Å². The smallest absolute Gasteiger partial charge is 0.0980 e. The highest BCUT2D eigenvalue weighted by molar-refractivity contribution is 6.42. The highest BCUT2D eigenvalue weighted by atomic mass is 35.5. The van der Waals surface area contributed by atoms with Gasteiger partial charge in [0.1, 0.15) is 0 Å². The molecular weight excluding hydrogens is 263 g/mol. The molecule has 3 N–H and O–H groups in total. The molecule has 4 nitrogen and oxygen atoms in total. The molecule has 1 aliphatic rings. The lowest BCUT2D eigenvalue weighted by Gasteiger charge is -2.34. The number of hydrogen-bond donors (Lipinski definition) is 2. The van der Waals surface area contributed by atoms with Crippen LogP contribution >= 0.6 is 23.2 Å². The summed E-state index contributed by atoms with van der Waals surface area (Å²) in [7, 11) is 0. The summed E-state index contributed by atoms with van der Waals surface area (Å²) < 4.78 is 5.38. The van der Waals surface area contributed by atoms with Crippen molar-refractivity contribution in [3.05, 3.63) is 22.2 Å². The van der Waals surface area contributed by atoms with Crippen LogP contribution < -0.4 is 10.6 Å². The second-order valence-corrected chi connectivity index (χ2v) is 4.76. The first-order chi connectivity index (χ1) is 8.11. The number of rotatable bonds is 2. The Labute approximate surface area is 110 Å². The average Bonchev–Trinajstić information content (AvgIpc) is 2.34. The Morgan fingerprint density at radius 1 is 1.41 bits per heavy atom. The fourth-order valence-electron chi connectivity index (χ4n) is 1.87. The van der Waals surface area contributed by atoms with Gasteiger partial charge in [0.05, 0.1) is 40.7 Å². The van der Waals surface area contributed by atoms with Gasteiger partial charge < -0.3 is 20.5 Å². The number of nitrogens with zero attached hydrogens (tertiary/aromatic N) is 1. The normalized spacial score (nSPS) is 20.6. The van der Waals surface area contributed by atoms with Crippen LogP contribution in [0.2, 0.25) is 10.0 Å². The second kappa shape index (κ2) is 5.31. The van der Waals surface area contributed by atoms with Gasteiger partial charge in [-0.25, -0.2) is 0 Å². The maximum atomic E-state index is 9.09. The first-order valence-electron chi connectivity index (χ1n) is 5.33. The van der Waals surface area contributed by atoms with Crippen LogP contribution in [0.25, 0.3) is 0 Å². The third kappa shape index (κ3) is 2.77. The van der Waals surface area contributed by atoms with E-state index in [-0.39, 0.29) is 12.7 Å². The van der Waals surface area contributed by atoms with Crippen LogP contribution in [-0.4, -0.2) is 37.5 Å². The molecule has 1 heterocycles. The minimum absolute atomic E-state index is 0.00226. The van der Waals surface area contributed by atoms with Crippen LogP contribution in [0, 0.1) is 0 Å². The second-order valence-electron chi connectivity index (χ2n) is 3.95. The molecule has 1 saturated heterocycles. The van der Waals surface area contributed by atoms with Crippen molar-refractivity contribution in [3.8, 4) is 0 Å². The van der Waals surface area contributed by atoms with Gasteiger partial charge in [0, 0.05) is 13.1 Å².